The first kappa shape index (κ1) is 15.9. The highest BCUT2D eigenvalue weighted by Gasteiger charge is 2.35. The lowest BCUT2D eigenvalue weighted by atomic mass is 9.90. The maximum absolute atomic E-state index is 13.9. The first-order chi connectivity index (χ1) is 11.5. The van der Waals surface area contributed by atoms with Gasteiger partial charge in [0.05, 0.1) is 0 Å². The molecule has 0 saturated heterocycles. The Hall–Kier alpha value is -3.02. The fraction of sp³-hybridized carbons (Fsp3) is 0.167. The Morgan fingerprint density at radius 1 is 1.42 bits per heavy atom. The minimum atomic E-state index is -0.706. The van der Waals surface area contributed by atoms with Crippen molar-refractivity contribution < 1.29 is 14.0 Å². The molecule has 5 nitrogen and oxygen atoms in total. The number of carbonyl (C=O) groups is 2. The van der Waals surface area contributed by atoms with Crippen molar-refractivity contribution in [2.75, 3.05) is 6.54 Å². The van der Waals surface area contributed by atoms with Crippen LogP contribution < -0.4 is 5.73 Å². The molecule has 24 heavy (non-hydrogen) atoms. The number of primary amides is 1. The van der Waals surface area contributed by atoms with Crippen LogP contribution in [0.1, 0.15) is 22.8 Å². The van der Waals surface area contributed by atoms with Gasteiger partial charge in [-0.25, -0.2) is 4.39 Å². The topological polar surface area (TPSA) is 75.8 Å². The number of nitrogens with zero attached hydrogens (tertiary/aromatic N) is 2. The Balaban J connectivity index is 2.10. The second-order valence-electron chi connectivity index (χ2n) is 5.52. The van der Waals surface area contributed by atoms with Gasteiger partial charge in [0.1, 0.15) is 5.82 Å². The minimum Gasteiger partial charge on any atom is -0.366 e. The molecule has 2 aliphatic heterocycles. The van der Waals surface area contributed by atoms with Gasteiger partial charge in [-0.1, -0.05) is 12.2 Å². The molecule has 2 N–H and O–H groups in total. The zero-order chi connectivity index (χ0) is 17.3. The third-order valence-electron chi connectivity index (χ3n) is 3.93. The highest BCUT2D eigenvalue weighted by atomic mass is 19.1. The van der Waals surface area contributed by atoms with E-state index in [4.69, 9.17) is 5.73 Å². The van der Waals surface area contributed by atoms with Gasteiger partial charge in [0.15, 0.2) is 6.04 Å². The highest BCUT2D eigenvalue weighted by Crippen LogP contribution is 2.35. The van der Waals surface area contributed by atoms with Crippen molar-refractivity contribution in [3.05, 3.63) is 65.1 Å². The Kier molecular flexibility index (Phi) is 4.12. The number of allylic oxidation sites excluding steroid dienone is 2. The van der Waals surface area contributed by atoms with Crippen LogP contribution in [0.2, 0.25) is 0 Å². The summed E-state index contributed by atoms with van der Waals surface area (Å²) in [4.78, 5) is 29.6. The molecule has 1 aromatic carbocycles. The molecular formula is C18H16FN3O2. The molecule has 0 spiro atoms. The summed E-state index contributed by atoms with van der Waals surface area (Å²) in [7, 11) is 0. The van der Waals surface area contributed by atoms with Crippen LogP contribution in [0.25, 0.3) is 5.57 Å². The summed E-state index contributed by atoms with van der Waals surface area (Å²) in [5, 5.41) is 0. The normalized spacial score (nSPS) is 19.5. The average molecular weight is 325 g/mol. The van der Waals surface area contributed by atoms with Gasteiger partial charge in [-0.2, -0.15) is 0 Å². The standard InChI is InChI=1S/C18H16FN3O2/c1-2-3-6-22-10-15(14-4-5-21-16(14)18(22)24)11-7-12(17(20)23)9-13(19)8-11/h2-5,7-10,16H,6H2,1H3,(H2,20,23). The number of hydrogen-bond donors (Lipinski definition) is 1. The van der Waals surface area contributed by atoms with Crippen LogP contribution in [0.3, 0.4) is 0 Å². The summed E-state index contributed by atoms with van der Waals surface area (Å²) in [6.07, 6.45) is 8.66. The number of carbonyl (C=O) groups excluding carboxylic acids is 2. The summed E-state index contributed by atoms with van der Waals surface area (Å²) in [6.45, 7) is 2.26. The summed E-state index contributed by atoms with van der Waals surface area (Å²) >= 11 is 0. The fourth-order valence-electron chi connectivity index (χ4n) is 2.76. The van der Waals surface area contributed by atoms with Gasteiger partial charge in [0, 0.05) is 30.1 Å². The zero-order valence-corrected chi connectivity index (χ0v) is 13.1. The Morgan fingerprint density at radius 3 is 2.92 bits per heavy atom. The van der Waals surface area contributed by atoms with Crippen LogP contribution in [-0.2, 0) is 4.79 Å². The molecule has 0 aromatic heterocycles. The largest absolute Gasteiger partial charge is 0.366 e. The third kappa shape index (κ3) is 2.78. The van der Waals surface area contributed by atoms with E-state index in [0.717, 1.165) is 6.07 Å². The quantitative estimate of drug-likeness (QED) is 0.860. The fourth-order valence-corrected chi connectivity index (χ4v) is 2.76. The van der Waals surface area contributed by atoms with Crippen LogP contribution in [0, 0.1) is 5.82 Å². The predicted molar refractivity (Wildman–Crippen MR) is 89.8 cm³/mol. The lowest BCUT2D eigenvalue weighted by molar-refractivity contribution is -0.128. The third-order valence-corrected chi connectivity index (χ3v) is 3.93. The van der Waals surface area contributed by atoms with Gasteiger partial charge < -0.3 is 10.6 Å². The summed E-state index contributed by atoms with van der Waals surface area (Å²) < 4.78 is 13.9. The molecule has 1 unspecified atom stereocenters. The maximum atomic E-state index is 13.9. The van der Waals surface area contributed by atoms with Gasteiger partial charge in [-0.15, -0.1) is 0 Å². The summed E-state index contributed by atoms with van der Waals surface area (Å²) in [6, 6.07) is 3.31. The highest BCUT2D eigenvalue weighted by molar-refractivity contribution is 6.04. The van der Waals surface area contributed by atoms with Gasteiger partial charge in [-0.3, -0.25) is 14.6 Å². The van der Waals surface area contributed by atoms with Crippen LogP contribution in [0.5, 0.6) is 0 Å². The predicted octanol–water partition coefficient (Wildman–Crippen LogP) is 2.06. The van der Waals surface area contributed by atoms with Crippen molar-refractivity contribution in [1.82, 2.24) is 4.90 Å². The van der Waals surface area contributed by atoms with Crippen molar-refractivity contribution >= 4 is 23.6 Å². The van der Waals surface area contributed by atoms with Crippen molar-refractivity contribution in [3.63, 3.8) is 0 Å². The second kappa shape index (κ2) is 6.23. The van der Waals surface area contributed by atoms with E-state index in [0.29, 0.717) is 23.3 Å². The Morgan fingerprint density at radius 2 is 2.21 bits per heavy atom. The summed E-state index contributed by atoms with van der Waals surface area (Å²) in [5.41, 5.74) is 7.19. The number of hydrogen-bond acceptors (Lipinski definition) is 3. The van der Waals surface area contributed by atoms with Gasteiger partial charge in [0.25, 0.3) is 5.91 Å². The molecule has 1 aromatic rings. The Bertz CT molecular complexity index is 837. The molecule has 2 amide bonds. The van der Waals surface area contributed by atoms with Gasteiger partial charge in [0.2, 0.25) is 5.91 Å². The number of amides is 2. The molecule has 0 saturated carbocycles. The molecule has 1 atom stereocenters. The number of rotatable bonds is 4. The SMILES string of the molecule is CC=CCN1C=C(c2cc(F)cc(C(N)=O)c2)C2=CC=NC2C1=O. The lowest BCUT2D eigenvalue weighted by Gasteiger charge is -2.29. The van der Waals surface area contributed by atoms with Crippen LogP contribution in [0.4, 0.5) is 4.39 Å². The van der Waals surface area contributed by atoms with Crippen molar-refractivity contribution in [3.8, 4) is 0 Å². The number of fused-ring (bicyclic) bond motifs is 1. The summed E-state index contributed by atoms with van der Waals surface area (Å²) in [5.74, 6) is -1.40. The second-order valence-corrected chi connectivity index (χ2v) is 5.52. The molecule has 6 heteroatoms. The van der Waals surface area contributed by atoms with Crippen LogP contribution in [0.15, 0.2) is 53.2 Å². The molecule has 0 aliphatic carbocycles. The van der Waals surface area contributed by atoms with E-state index in [1.807, 2.05) is 19.1 Å². The molecule has 0 fully saturated rings. The molecule has 122 valence electrons. The molecule has 0 bridgehead atoms. The molecule has 2 aliphatic rings. The van der Waals surface area contributed by atoms with Crippen molar-refractivity contribution in [2.24, 2.45) is 10.7 Å². The van der Waals surface area contributed by atoms with E-state index in [9.17, 15) is 14.0 Å². The monoisotopic (exact) mass is 325 g/mol. The van der Waals surface area contributed by atoms with E-state index in [2.05, 4.69) is 4.99 Å². The van der Waals surface area contributed by atoms with Crippen molar-refractivity contribution in [2.45, 2.75) is 13.0 Å². The molecular weight excluding hydrogens is 309 g/mol. The number of halogens is 1. The van der Waals surface area contributed by atoms with E-state index >= 15 is 0 Å². The average Bonchev–Trinajstić information content (AvgIpc) is 3.03. The zero-order valence-electron chi connectivity index (χ0n) is 13.1. The van der Waals surface area contributed by atoms with Gasteiger partial charge >= 0.3 is 0 Å². The number of benzene rings is 1. The first-order valence-electron chi connectivity index (χ1n) is 7.49. The minimum absolute atomic E-state index is 0.0823. The smallest absolute Gasteiger partial charge is 0.256 e. The molecule has 2 heterocycles. The van der Waals surface area contributed by atoms with E-state index < -0.39 is 17.8 Å². The lowest BCUT2D eigenvalue weighted by Crippen LogP contribution is -2.39. The van der Waals surface area contributed by atoms with Crippen LogP contribution in [-0.4, -0.2) is 35.5 Å². The molecule has 0 radical (unpaired) electrons. The van der Waals surface area contributed by atoms with Gasteiger partial charge in [-0.05, 0) is 42.3 Å². The van der Waals surface area contributed by atoms with Crippen molar-refractivity contribution in [1.29, 1.82) is 0 Å². The maximum Gasteiger partial charge on any atom is 0.256 e. The first-order valence-corrected chi connectivity index (χ1v) is 7.49. The molecule has 3 rings (SSSR count). The Labute approximate surface area is 138 Å². The van der Waals surface area contributed by atoms with Crippen LogP contribution >= 0.6 is 0 Å². The number of aliphatic imine (C=N–C) groups is 1. The number of nitrogens with two attached hydrogens (primary N) is 1. The van der Waals surface area contributed by atoms with E-state index in [1.165, 1.54) is 17.0 Å². The van der Waals surface area contributed by atoms with E-state index in [1.54, 1.807) is 18.5 Å². The van der Waals surface area contributed by atoms with E-state index in [-0.39, 0.29) is 11.5 Å².